The topological polar surface area (TPSA) is 105 Å². The van der Waals surface area contributed by atoms with Gasteiger partial charge in [-0.1, -0.05) is 18.2 Å². The monoisotopic (exact) mass is 437 g/mol. The van der Waals surface area contributed by atoms with E-state index in [0.717, 1.165) is 5.69 Å². The summed E-state index contributed by atoms with van der Waals surface area (Å²) in [6.07, 6.45) is -0.0153. The van der Waals surface area contributed by atoms with E-state index in [1.807, 2.05) is 30.3 Å². The van der Waals surface area contributed by atoms with Gasteiger partial charge in [-0.2, -0.15) is 0 Å². The fourth-order valence-electron chi connectivity index (χ4n) is 3.40. The maximum Gasteiger partial charge on any atom is 0.321 e. The molecule has 1 aliphatic rings. The maximum atomic E-state index is 12.5. The number of ether oxygens (including phenoxy) is 1. The predicted octanol–water partition coefficient (Wildman–Crippen LogP) is 3.70. The molecule has 0 radical (unpaired) electrons. The zero-order chi connectivity index (χ0) is 23.1. The lowest BCUT2D eigenvalue weighted by Crippen LogP contribution is -2.43. The van der Waals surface area contributed by atoms with Crippen LogP contribution in [0, 0.1) is 5.92 Å². The minimum absolute atomic E-state index is 0.0613. The van der Waals surface area contributed by atoms with Gasteiger partial charge in [0.2, 0.25) is 0 Å². The summed E-state index contributed by atoms with van der Waals surface area (Å²) in [5.41, 5.74) is 1.78. The van der Waals surface area contributed by atoms with E-state index in [2.05, 4.69) is 10.6 Å². The Hall–Kier alpha value is -3.68. The molecule has 0 aromatic heterocycles. The summed E-state index contributed by atoms with van der Waals surface area (Å²) in [4.78, 5) is 50.2. The minimum Gasteiger partial charge on any atom is -0.452 e. The van der Waals surface area contributed by atoms with Crippen LogP contribution < -0.4 is 10.6 Å². The number of benzene rings is 2. The highest BCUT2D eigenvalue weighted by Gasteiger charge is 2.30. The number of ketones is 1. The Morgan fingerprint density at radius 2 is 1.50 bits per heavy atom. The van der Waals surface area contributed by atoms with Crippen molar-refractivity contribution in [2.24, 2.45) is 5.92 Å². The molecule has 8 nitrogen and oxygen atoms in total. The van der Waals surface area contributed by atoms with Crippen molar-refractivity contribution in [1.29, 1.82) is 0 Å². The van der Waals surface area contributed by atoms with Crippen LogP contribution in [0.2, 0.25) is 0 Å². The van der Waals surface area contributed by atoms with Gasteiger partial charge < -0.3 is 20.3 Å². The molecular formula is C24H27N3O5. The van der Waals surface area contributed by atoms with Gasteiger partial charge in [0.25, 0.3) is 5.91 Å². The van der Waals surface area contributed by atoms with Gasteiger partial charge in [-0.05, 0) is 63.1 Å². The predicted molar refractivity (Wildman–Crippen MR) is 120 cm³/mol. The molecule has 0 bridgehead atoms. The standard InChI is InChI=1S/C24H27N3O5/c1-16(28)18-8-10-21(11-9-18)25-22(29)17(2)32-23(30)19-12-14-27(15-13-19)24(31)26-20-6-4-3-5-7-20/h3-11,17,19H,12-15H2,1-2H3,(H,25,29)(H,26,31). The van der Waals surface area contributed by atoms with E-state index in [0.29, 0.717) is 37.2 Å². The van der Waals surface area contributed by atoms with Crippen LogP contribution in [-0.4, -0.2) is 47.8 Å². The average Bonchev–Trinajstić information content (AvgIpc) is 2.80. The molecule has 1 aliphatic heterocycles. The van der Waals surface area contributed by atoms with E-state index in [1.54, 1.807) is 29.2 Å². The number of carbonyl (C=O) groups is 4. The number of amides is 3. The summed E-state index contributed by atoms with van der Waals surface area (Å²) in [5.74, 6) is -1.31. The van der Waals surface area contributed by atoms with Crippen molar-refractivity contribution in [3.05, 3.63) is 60.2 Å². The number of Topliss-reactive ketones (excluding diaryl/α,β-unsaturated/α-hetero) is 1. The first-order valence-electron chi connectivity index (χ1n) is 10.6. The second kappa shape index (κ2) is 10.6. The van der Waals surface area contributed by atoms with Crippen LogP contribution >= 0.6 is 0 Å². The quantitative estimate of drug-likeness (QED) is 0.530. The summed E-state index contributed by atoms with van der Waals surface area (Å²) in [7, 11) is 0. The first-order valence-corrected chi connectivity index (χ1v) is 10.6. The second-order valence-electron chi connectivity index (χ2n) is 7.76. The number of likely N-dealkylation sites (tertiary alicyclic amines) is 1. The van der Waals surface area contributed by atoms with Crippen molar-refractivity contribution >= 4 is 35.1 Å². The van der Waals surface area contributed by atoms with Gasteiger partial charge in [0, 0.05) is 30.0 Å². The highest BCUT2D eigenvalue weighted by molar-refractivity contribution is 5.97. The zero-order valence-corrected chi connectivity index (χ0v) is 18.2. The van der Waals surface area contributed by atoms with Gasteiger partial charge in [0.05, 0.1) is 5.92 Å². The number of urea groups is 1. The summed E-state index contributed by atoms with van der Waals surface area (Å²) >= 11 is 0. The number of nitrogens with zero attached hydrogens (tertiary/aromatic N) is 1. The van der Waals surface area contributed by atoms with Crippen molar-refractivity contribution < 1.29 is 23.9 Å². The third-order valence-electron chi connectivity index (χ3n) is 5.36. The van der Waals surface area contributed by atoms with Crippen molar-refractivity contribution in [1.82, 2.24) is 4.90 Å². The molecule has 2 aromatic carbocycles. The number of para-hydroxylation sites is 1. The van der Waals surface area contributed by atoms with Crippen molar-refractivity contribution in [2.75, 3.05) is 23.7 Å². The number of piperidine rings is 1. The maximum absolute atomic E-state index is 12.5. The molecule has 8 heteroatoms. The van der Waals surface area contributed by atoms with Gasteiger partial charge >= 0.3 is 12.0 Å². The Bertz CT molecular complexity index is 967. The molecule has 1 saturated heterocycles. The number of carbonyl (C=O) groups excluding carboxylic acids is 4. The normalized spacial score (nSPS) is 14.9. The molecule has 2 N–H and O–H groups in total. The molecule has 32 heavy (non-hydrogen) atoms. The van der Waals surface area contributed by atoms with Crippen LogP contribution in [0.3, 0.4) is 0 Å². The molecule has 168 valence electrons. The Balaban J connectivity index is 1.44. The lowest BCUT2D eigenvalue weighted by molar-refractivity contribution is -0.158. The summed E-state index contributed by atoms with van der Waals surface area (Å²) in [6.45, 7) is 3.85. The fraction of sp³-hybridized carbons (Fsp3) is 0.333. The van der Waals surface area contributed by atoms with E-state index >= 15 is 0 Å². The first kappa shape index (κ1) is 23.0. The van der Waals surface area contributed by atoms with Crippen molar-refractivity contribution in [3.63, 3.8) is 0 Å². The Morgan fingerprint density at radius 1 is 0.906 bits per heavy atom. The van der Waals surface area contributed by atoms with E-state index in [4.69, 9.17) is 4.74 Å². The van der Waals surface area contributed by atoms with E-state index in [9.17, 15) is 19.2 Å². The zero-order valence-electron chi connectivity index (χ0n) is 18.2. The molecule has 0 spiro atoms. The third-order valence-corrected chi connectivity index (χ3v) is 5.36. The van der Waals surface area contributed by atoms with Crippen LogP contribution in [0.15, 0.2) is 54.6 Å². The largest absolute Gasteiger partial charge is 0.452 e. The second-order valence-corrected chi connectivity index (χ2v) is 7.76. The Kier molecular flexibility index (Phi) is 7.59. The third kappa shape index (κ3) is 6.16. The van der Waals surface area contributed by atoms with E-state index in [1.165, 1.54) is 13.8 Å². The molecule has 2 aromatic rings. The highest BCUT2D eigenvalue weighted by Crippen LogP contribution is 2.21. The molecule has 1 heterocycles. The average molecular weight is 437 g/mol. The molecular weight excluding hydrogens is 410 g/mol. The Morgan fingerprint density at radius 3 is 2.09 bits per heavy atom. The highest BCUT2D eigenvalue weighted by atomic mass is 16.5. The molecule has 1 unspecified atom stereocenters. The molecule has 0 aliphatic carbocycles. The summed E-state index contributed by atoms with van der Waals surface area (Å²) in [5, 5.41) is 5.51. The Labute approximate surface area is 186 Å². The molecule has 0 saturated carbocycles. The lowest BCUT2D eigenvalue weighted by Gasteiger charge is -2.31. The van der Waals surface area contributed by atoms with Gasteiger partial charge in [0.15, 0.2) is 11.9 Å². The van der Waals surface area contributed by atoms with Gasteiger partial charge in [-0.3, -0.25) is 14.4 Å². The number of nitrogens with one attached hydrogen (secondary N) is 2. The molecule has 3 rings (SSSR count). The fourth-order valence-corrected chi connectivity index (χ4v) is 3.40. The van der Waals surface area contributed by atoms with Crippen LogP contribution in [0.1, 0.15) is 37.0 Å². The van der Waals surface area contributed by atoms with Gasteiger partial charge in [0.1, 0.15) is 0 Å². The molecule has 3 amide bonds. The van der Waals surface area contributed by atoms with Gasteiger partial charge in [-0.25, -0.2) is 4.79 Å². The van der Waals surface area contributed by atoms with Crippen LogP contribution in [0.25, 0.3) is 0 Å². The smallest absolute Gasteiger partial charge is 0.321 e. The molecule has 1 atom stereocenters. The number of anilines is 2. The number of esters is 1. The lowest BCUT2D eigenvalue weighted by atomic mass is 9.97. The minimum atomic E-state index is -0.964. The number of hydrogen-bond acceptors (Lipinski definition) is 5. The van der Waals surface area contributed by atoms with Crippen LogP contribution in [0.5, 0.6) is 0 Å². The first-order chi connectivity index (χ1) is 15.3. The summed E-state index contributed by atoms with van der Waals surface area (Å²) in [6, 6.07) is 15.5. The van der Waals surface area contributed by atoms with Crippen LogP contribution in [-0.2, 0) is 14.3 Å². The van der Waals surface area contributed by atoms with E-state index < -0.39 is 18.0 Å². The van der Waals surface area contributed by atoms with Crippen molar-refractivity contribution in [2.45, 2.75) is 32.8 Å². The summed E-state index contributed by atoms with van der Waals surface area (Å²) < 4.78 is 5.35. The molecule has 1 fully saturated rings. The van der Waals surface area contributed by atoms with E-state index in [-0.39, 0.29) is 17.7 Å². The van der Waals surface area contributed by atoms with Gasteiger partial charge in [-0.15, -0.1) is 0 Å². The SMILES string of the molecule is CC(=O)c1ccc(NC(=O)C(C)OC(=O)C2CCN(C(=O)Nc3ccccc3)CC2)cc1. The number of hydrogen-bond donors (Lipinski definition) is 2. The number of rotatable bonds is 6. The van der Waals surface area contributed by atoms with Crippen molar-refractivity contribution in [3.8, 4) is 0 Å². The van der Waals surface area contributed by atoms with Crippen LogP contribution in [0.4, 0.5) is 16.2 Å².